The van der Waals surface area contributed by atoms with Crippen LogP contribution in [0.4, 0.5) is 13.2 Å². The monoisotopic (exact) mass is 392 g/mol. The molecule has 0 bridgehead atoms. The van der Waals surface area contributed by atoms with Crippen LogP contribution >= 0.6 is 0 Å². The van der Waals surface area contributed by atoms with E-state index in [9.17, 15) is 18.0 Å². The van der Waals surface area contributed by atoms with Crippen molar-refractivity contribution in [3.63, 3.8) is 0 Å². The van der Waals surface area contributed by atoms with Crippen molar-refractivity contribution in [2.24, 2.45) is 0 Å². The molecule has 7 nitrogen and oxygen atoms in total. The first-order valence-electron chi connectivity index (χ1n) is 8.54. The van der Waals surface area contributed by atoms with Gasteiger partial charge in [0.05, 0.1) is 12.1 Å². The van der Waals surface area contributed by atoms with Gasteiger partial charge in [0.25, 0.3) is 0 Å². The predicted molar refractivity (Wildman–Crippen MR) is 94.7 cm³/mol. The Hall–Kier alpha value is -3.17. The minimum atomic E-state index is -4.36. The van der Waals surface area contributed by atoms with E-state index in [0.717, 1.165) is 10.2 Å². The lowest BCUT2D eigenvalue weighted by atomic mass is 10.1. The summed E-state index contributed by atoms with van der Waals surface area (Å²) in [6, 6.07) is 5.34. The maximum Gasteiger partial charge on any atom is 0.408 e. The summed E-state index contributed by atoms with van der Waals surface area (Å²) < 4.78 is 40.3. The highest BCUT2D eigenvalue weighted by Crippen LogP contribution is 2.21. The standard InChI is InChI=1S/C18H19F3N6O/c1-12-15(13(2)27(25-12)11-18(19,20)21)9-17(28)23-10-14-4-6-22-16(8-14)26-7-3-5-24-26/h3-8H,9-11H2,1-2H3,(H,23,28). The van der Waals surface area contributed by atoms with Gasteiger partial charge >= 0.3 is 6.18 Å². The van der Waals surface area contributed by atoms with Crippen LogP contribution in [0.1, 0.15) is 22.5 Å². The molecule has 148 valence electrons. The highest BCUT2D eigenvalue weighted by Gasteiger charge is 2.30. The second-order valence-electron chi connectivity index (χ2n) is 6.35. The largest absolute Gasteiger partial charge is 0.408 e. The molecule has 28 heavy (non-hydrogen) atoms. The van der Waals surface area contributed by atoms with Gasteiger partial charge in [0.1, 0.15) is 6.54 Å². The summed E-state index contributed by atoms with van der Waals surface area (Å²) in [6.07, 6.45) is 0.617. The average Bonchev–Trinajstić information content (AvgIpc) is 3.24. The normalized spacial score (nSPS) is 11.6. The zero-order valence-corrected chi connectivity index (χ0v) is 15.4. The smallest absolute Gasteiger partial charge is 0.352 e. The van der Waals surface area contributed by atoms with Gasteiger partial charge in [-0.3, -0.25) is 9.48 Å². The van der Waals surface area contributed by atoms with Crippen molar-refractivity contribution >= 4 is 5.91 Å². The van der Waals surface area contributed by atoms with Crippen molar-refractivity contribution in [2.75, 3.05) is 0 Å². The number of hydrogen-bond acceptors (Lipinski definition) is 4. The van der Waals surface area contributed by atoms with Crippen LogP contribution in [0, 0.1) is 13.8 Å². The molecule has 3 aromatic heterocycles. The molecule has 0 fully saturated rings. The van der Waals surface area contributed by atoms with E-state index in [0.29, 0.717) is 22.8 Å². The van der Waals surface area contributed by atoms with Crippen molar-refractivity contribution in [2.45, 2.75) is 39.5 Å². The summed E-state index contributed by atoms with van der Waals surface area (Å²) in [5.74, 6) is 0.326. The second kappa shape index (κ2) is 7.83. The van der Waals surface area contributed by atoms with Gasteiger partial charge in [-0.25, -0.2) is 9.67 Å². The molecule has 0 unspecified atom stereocenters. The van der Waals surface area contributed by atoms with E-state index < -0.39 is 12.7 Å². The zero-order valence-electron chi connectivity index (χ0n) is 15.4. The number of amides is 1. The fourth-order valence-electron chi connectivity index (χ4n) is 2.84. The molecule has 0 saturated carbocycles. The Kier molecular flexibility index (Phi) is 5.48. The first-order valence-corrected chi connectivity index (χ1v) is 8.54. The number of hydrogen-bond donors (Lipinski definition) is 1. The van der Waals surface area contributed by atoms with Crippen LogP contribution in [0.15, 0.2) is 36.8 Å². The molecule has 1 N–H and O–H groups in total. The molecule has 1 amide bonds. The first kappa shape index (κ1) is 19.6. The summed E-state index contributed by atoms with van der Waals surface area (Å²) in [6.45, 7) is 2.23. The zero-order chi connectivity index (χ0) is 20.3. The number of aromatic nitrogens is 5. The van der Waals surface area contributed by atoms with Crippen LogP contribution in [0.3, 0.4) is 0 Å². The molecule has 0 spiro atoms. The van der Waals surface area contributed by atoms with Crippen LogP contribution in [-0.4, -0.2) is 36.6 Å². The first-order chi connectivity index (χ1) is 13.2. The molecule has 0 atom stereocenters. The fourth-order valence-corrected chi connectivity index (χ4v) is 2.84. The van der Waals surface area contributed by atoms with Gasteiger partial charge in [0.15, 0.2) is 5.82 Å². The van der Waals surface area contributed by atoms with Crippen LogP contribution < -0.4 is 5.32 Å². The van der Waals surface area contributed by atoms with Crippen molar-refractivity contribution in [1.82, 2.24) is 29.9 Å². The molecular formula is C18H19F3N6O. The van der Waals surface area contributed by atoms with Gasteiger partial charge in [0.2, 0.25) is 5.91 Å². The van der Waals surface area contributed by atoms with E-state index >= 15 is 0 Å². The number of aryl methyl sites for hydroxylation is 1. The molecule has 0 radical (unpaired) electrons. The molecule has 0 aliphatic heterocycles. The second-order valence-corrected chi connectivity index (χ2v) is 6.35. The fraction of sp³-hybridized carbons (Fsp3) is 0.333. The SMILES string of the molecule is Cc1nn(CC(F)(F)F)c(C)c1CC(=O)NCc1ccnc(-n2cccn2)c1. The minimum Gasteiger partial charge on any atom is -0.352 e. The number of alkyl halides is 3. The molecule has 0 aliphatic carbocycles. The highest BCUT2D eigenvalue weighted by molar-refractivity contribution is 5.79. The summed E-state index contributed by atoms with van der Waals surface area (Å²) in [7, 11) is 0. The van der Waals surface area contributed by atoms with Crippen LogP contribution in [0.5, 0.6) is 0 Å². The Morgan fingerprint density at radius 3 is 2.71 bits per heavy atom. The number of nitrogens with one attached hydrogen (secondary N) is 1. The maximum absolute atomic E-state index is 12.6. The van der Waals surface area contributed by atoms with Crippen LogP contribution in [0.25, 0.3) is 5.82 Å². The summed E-state index contributed by atoms with van der Waals surface area (Å²) >= 11 is 0. The third-order valence-electron chi connectivity index (χ3n) is 4.24. The van der Waals surface area contributed by atoms with E-state index in [1.807, 2.05) is 0 Å². The molecule has 0 aliphatic rings. The molecule has 3 heterocycles. The van der Waals surface area contributed by atoms with Gasteiger partial charge in [-0.2, -0.15) is 23.4 Å². The van der Waals surface area contributed by atoms with Crippen LogP contribution in [0.2, 0.25) is 0 Å². The van der Waals surface area contributed by atoms with E-state index in [2.05, 4.69) is 20.5 Å². The molecule has 0 saturated heterocycles. The molecule has 3 rings (SSSR count). The maximum atomic E-state index is 12.6. The minimum absolute atomic E-state index is 0.0351. The van der Waals surface area contributed by atoms with Crippen molar-refractivity contribution < 1.29 is 18.0 Å². The number of rotatable bonds is 6. The van der Waals surface area contributed by atoms with Crippen molar-refractivity contribution in [3.8, 4) is 5.82 Å². The van der Waals surface area contributed by atoms with Gasteiger partial charge in [-0.05, 0) is 37.6 Å². The Bertz CT molecular complexity index is 962. The molecule has 0 aromatic carbocycles. The highest BCUT2D eigenvalue weighted by atomic mass is 19.4. The number of halogens is 3. The summed E-state index contributed by atoms with van der Waals surface area (Å²) in [4.78, 5) is 16.5. The van der Waals surface area contributed by atoms with E-state index in [1.165, 1.54) is 6.92 Å². The number of carbonyl (C=O) groups is 1. The summed E-state index contributed by atoms with van der Waals surface area (Å²) in [5, 5.41) is 10.8. The van der Waals surface area contributed by atoms with E-state index in [-0.39, 0.29) is 18.9 Å². The van der Waals surface area contributed by atoms with E-state index in [1.54, 1.807) is 48.4 Å². The lowest BCUT2D eigenvalue weighted by Gasteiger charge is -2.09. The number of carbonyl (C=O) groups excluding carboxylic acids is 1. The Morgan fingerprint density at radius 1 is 1.25 bits per heavy atom. The van der Waals surface area contributed by atoms with E-state index in [4.69, 9.17) is 0 Å². The quantitative estimate of drug-likeness (QED) is 0.699. The summed E-state index contributed by atoms with van der Waals surface area (Å²) in [5.41, 5.74) is 2.10. The Morgan fingerprint density at radius 2 is 2.04 bits per heavy atom. The number of nitrogens with zero attached hydrogens (tertiary/aromatic N) is 5. The topological polar surface area (TPSA) is 77.6 Å². The third-order valence-corrected chi connectivity index (χ3v) is 4.24. The van der Waals surface area contributed by atoms with Crippen LogP contribution in [-0.2, 0) is 24.3 Å². The van der Waals surface area contributed by atoms with Gasteiger partial charge in [-0.1, -0.05) is 0 Å². The number of pyridine rings is 1. The van der Waals surface area contributed by atoms with Gasteiger partial charge in [-0.15, -0.1) is 0 Å². The van der Waals surface area contributed by atoms with Gasteiger partial charge < -0.3 is 5.32 Å². The molecular weight excluding hydrogens is 373 g/mol. The third kappa shape index (κ3) is 4.76. The lowest BCUT2D eigenvalue weighted by molar-refractivity contribution is -0.143. The van der Waals surface area contributed by atoms with Crippen molar-refractivity contribution in [1.29, 1.82) is 0 Å². The molecule has 10 heteroatoms. The van der Waals surface area contributed by atoms with Gasteiger partial charge in [0, 0.05) is 36.4 Å². The lowest BCUT2D eigenvalue weighted by Crippen LogP contribution is -2.25. The Labute approximate surface area is 159 Å². The average molecular weight is 392 g/mol. The van der Waals surface area contributed by atoms with Crippen molar-refractivity contribution in [3.05, 3.63) is 59.3 Å². The Balaban J connectivity index is 1.63. The molecule has 3 aromatic rings. The predicted octanol–water partition coefficient (Wildman–Crippen LogP) is 2.50.